The maximum absolute atomic E-state index is 12.8. The Morgan fingerprint density at radius 3 is 1.84 bits per heavy atom. The standard InChI is InChI=1S/C39H75N2O7P/c1-6-8-10-12-14-16-18-20-22-24-26-28-30-32-38(43)40-36(35-48-49(45,46)47-34-33-41(3,4)5)39(44)37(42)31-29-27-25-23-21-19-17-15-13-11-9-7-2/h8,10,14,16,20,22,36-37,39,42,44H,6-7,9,11-13,15,17-19,21,23-35H2,1-5H3,(H-,40,43,45,46)/p+1/b10-8-,16-14-,22-20-. The summed E-state index contributed by atoms with van der Waals surface area (Å²) in [5, 5.41) is 24.5. The van der Waals surface area contributed by atoms with Crippen molar-refractivity contribution in [3.63, 3.8) is 0 Å². The van der Waals surface area contributed by atoms with Gasteiger partial charge in [-0.05, 0) is 44.9 Å². The molecule has 0 fully saturated rings. The predicted molar refractivity (Wildman–Crippen MR) is 204 cm³/mol. The Kier molecular flexibility index (Phi) is 30.6. The Bertz CT molecular complexity index is 920. The van der Waals surface area contributed by atoms with Crippen LogP contribution in [0.1, 0.15) is 149 Å². The van der Waals surface area contributed by atoms with Crippen molar-refractivity contribution in [2.75, 3.05) is 40.9 Å². The molecule has 4 atom stereocenters. The third kappa shape index (κ3) is 32.3. The largest absolute Gasteiger partial charge is 0.472 e. The van der Waals surface area contributed by atoms with Gasteiger partial charge in [0.25, 0.3) is 0 Å². The van der Waals surface area contributed by atoms with Gasteiger partial charge in [0.1, 0.15) is 19.3 Å². The maximum atomic E-state index is 12.8. The molecule has 0 spiro atoms. The minimum absolute atomic E-state index is 0.0149. The number of hydrogen-bond donors (Lipinski definition) is 4. The fraction of sp³-hybridized carbons (Fsp3) is 0.821. The van der Waals surface area contributed by atoms with Crippen molar-refractivity contribution in [3.05, 3.63) is 36.5 Å². The highest BCUT2D eigenvalue weighted by Gasteiger charge is 2.31. The van der Waals surface area contributed by atoms with Gasteiger partial charge in [-0.2, -0.15) is 0 Å². The van der Waals surface area contributed by atoms with Gasteiger partial charge < -0.3 is 24.9 Å². The first-order chi connectivity index (χ1) is 23.4. The van der Waals surface area contributed by atoms with Crippen LogP contribution in [-0.4, -0.2) is 84.6 Å². The second-order valence-corrected chi connectivity index (χ2v) is 15.9. The average molecular weight is 716 g/mol. The van der Waals surface area contributed by atoms with E-state index in [0.717, 1.165) is 57.8 Å². The molecule has 0 radical (unpaired) electrons. The van der Waals surface area contributed by atoms with Gasteiger partial charge in [0.05, 0.1) is 39.9 Å². The van der Waals surface area contributed by atoms with Crippen LogP contribution in [0.2, 0.25) is 0 Å². The molecule has 1 amide bonds. The van der Waals surface area contributed by atoms with Crippen LogP contribution in [0.25, 0.3) is 0 Å². The van der Waals surface area contributed by atoms with Crippen molar-refractivity contribution in [3.8, 4) is 0 Å². The van der Waals surface area contributed by atoms with Crippen LogP contribution < -0.4 is 5.32 Å². The average Bonchev–Trinajstić information content (AvgIpc) is 3.04. The number of rotatable bonds is 34. The Morgan fingerprint density at radius 2 is 1.27 bits per heavy atom. The van der Waals surface area contributed by atoms with E-state index in [2.05, 4.69) is 55.6 Å². The molecule has 10 heteroatoms. The summed E-state index contributed by atoms with van der Waals surface area (Å²) in [6, 6.07) is -1.05. The summed E-state index contributed by atoms with van der Waals surface area (Å²) in [6.45, 7) is 4.43. The molecule has 9 nitrogen and oxygen atoms in total. The molecule has 0 heterocycles. The maximum Gasteiger partial charge on any atom is 0.472 e. The van der Waals surface area contributed by atoms with Gasteiger partial charge in [0, 0.05) is 6.42 Å². The molecule has 0 aromatic rings. The normalized spacial score (nSPS) is 15.7. The summed E-state index contributed by atoms with van der Waals surface area (Å²) in [5.74, 6) is -0.290. The molecule has 0 aliphatic rings. The first-order valence-corrected chi connectivity index (χ1v) is 20.9. The Labute approximate surface area is 300 Å². The molecule has 0 aromatic carbocycles. The van der Waals surface area contributed by atoms with Gasteiger partial charge in [-0.15, -0.1) is 0 Å². The number of phosphoric ester groups is 1. The highest BCUT2D eigenvalue weighted by Crippen LogP contribution is 2.43. The minimum Gasteiger partial charge on any atom is -0.390 e. The highest BCUT2D eigenvalue weighted by atomic mass is 31.2. The molecular formula is C39H76N2O7P+. The summed E-state index contributed by atoms with van der Waals surface area (Å²) in [6.07, 6.45) is 32.0. The van der Waals surface area contributed by atoms with Crippen molar-refractivity contribution < 1.29 is 38.0 Å². The van der Waals surface area contributed by atoms with Crippen molar-refractivity contribution in [1.82, 2.24) is 5.32 Å². The summed E-state index contributed by atoms with van der Waals surface area (Å²) in [7, 11) is 1.41. The molecule has 288 valence electrons. The van der Waals surface area contributed by atoms with E-state index in [0.29, 0.717) is 23.9 Å². The van der Waals surface area contributed by atoms with Gasteiger partial charge >= 0.3 is 7.82 Å². The molecule has 0 aromatic heterocycles. The third-order valence-electron chi connectivity index (χ3n) is 8.49. The molecule has 0 saturated carbocycles. The molecule has 4 N–H and O–H groups in total. The molecule has 49 heavy (non-hydrogen) atoms. The Balaban J connectivity index is 4.67. The summed E-state index contributed by atoms with van der Waals surface area (Å²) in [4.78, 5) is 23.0. The van der Waals surface area contributed by atoms with Gasteiger partial charge in [0.15, 0.2) is 0 Å². The molecular weight excluding hydrogens is 639 g/mol. The number of allylic oxidation sites excluding steroid dienone is 6. The lowest BCUT2D eigenvalue weighted by Crippen LogP contribution is -2.51. The second-order valence-electron chi connectivity index (χ2n) is 14.4. The summed E-state index contributed by atoms with van der Waals surface area (Å²) >= 11 is 0. The highest BCUT2D eigenvalue weighted by molar-refractivity contribution is 7.47. The zero-order valence-electron chi connectivity index (χ0n) is 32.0. The fourth-order valence-electron chi connectivity index (χ4n) is 5.33. The minimum atomic E-state index is -4.41. The smallest absolute Gasteiger partial charge is 0.390 e. The van der Waals surface area contributed by atoms with E-state index in [1.807, 2.05) is 21.1 Å². The van der Waals surface area contributed by atoms with Gasteiger partial charge in [-0.25, -0.2) is 4.57 Å². The van der Waals surface area contributed by atoms with Crippen LogP contribution in [0.15, 0.2) is 36.5 Å². The van der Waals surface area contributed by atoms with Crippen LogP contribution >= 0.6 is 7.82 Å². The molecule has 0 aliphatic heterocycles. The van der Waals surface area contributed by atoms with Gasteiger partial charge in [-0.3, -0.25) is 13.8 Å². The lowest BCUT2D eigenvalue weighted by atomic mass is 9.99. The zero-order chi connectivity index (χ0) is 36.6. The van der Waals surface area contributed by atoms with Gasteiger partial charge in [0.2, 0.25) is 5.91 Å². The molecule has 0 aliphatic carbocycles. The third-order valence-corrected chi connectivity index (χ3v) is 9.48. The summed E-state index contributed by atoms with van der Waals surface area (Å²) < 4.78 is 23.4. The number of amides is 1. The second kappa shape index (κ2) is 31.4. The number of quaternary nitrogens is 1. The number of likely N-dealkylation sites (N-methyl/N-ethyl adjacent to an activating group) is 1. The first-order valence-electron chi connectivity index (χ1n) is 19.4. The number of phosphoric acid groups is 1. The van der Waals surface area contributed by atoms with E-state index < -0.39 is 32.7 Å². The van der Waals surface area contributed by atoms with Crippen LogP contribution in [0.3, 0.4) is 0 Å². The number of aliphatic hydroxyl groups excluding tert-OH is 2. The number of nitrogens with zero attached hydrogens (tertiary/aromatic N) is 1. The Hall–Kier alpha value is -1.32. The quantitative estimate of drug-likeness (QED) is 0.0227. The van der Waals surface area contributed by atoms with E-state index in [1.54, 1.807) is 0 Å². The van der Waals surface area contributed by atoms with Crippen LogP contribution in [0.4, 0.5) is 0 Å². The lowest BCUT2D eigenvalue weighted by molar-refractivity contribution is -0.870. The zero-order valence-corrected chi connectivity index (χ0v) is 32.9. The van der Waals surface area contributed by atoms with Crippen molar-refractivity contribution in [2.45, 2.75) is 167 Å². The summed E-state index contributed by atoms with van der Waals surface area (Å²) in [5.41, 5.74) is 0. The lowest BCUT2D eigenvalue weighted by Gasteiger charge is -2.28. The topological polar surface area (TPSA) is 125 Å². The predicted octanol–water partition coefficient (Wildman–Crippen LogP) is 8.93. The molecule has 0 rings (SSSR count). The van der Waals surface area contributed by atoms with E-state index in [1.165, 1.54) is 57.8 Å². The van der Waals surface area contributed by atoms with Crippen LogP contribution in [-0.2, 0) is 18.4 Å². The van der Waals surface area contributed by atoms with E-state index in [-0.39, 0.29) is 18.9 Å². The number of unbranched alkanes of at least 4 members (excludes halogenated alkanes) is 14. The Morgan fingerprint density at radius 1 is 0.735 bits per heavy atom. The van der Waals surface area contributed by atoms with Crippen molar-refractivity contribution in [1.29, 1.82) is 0 Å². The van der Waals surface area contributed by atoms with Crippen LogP contribution in [0.5, 0.6) is 0 Å². The number of nitrogens with one attached hydrogen (secondary N) is 1. The molecule has 0 saturated heterocycles. The number of carbonyl (C=O) groups excluding carboxylic acids is 1. The first kappa shape index (κ1) is 47.7. The number of carbonyl (C=O) groups is 1. The van der Waals surface area contributed by atoms with Crippen molar-refractivity contribution >= 4 is 13.7 Å². The van der Waals surface area contributed by atoms with E-state index in [9.17, 15) is 24.5 Å². The SMILES string of the molecule is CC/C=C\C/C=C\C/C=C\CCCCCC(=O)NC(COP(=O)(O)OCC[N+](C)(C)C)C(O)C(O)CCCCCCCCCCCCCC. The van der Waals surface area contributed by atoms with Crippen LogP contribution in [0, 0.1) is 0 Å². The molecule has 4 unspecified atom stereocenters. The number of aliphatic hydroxyl groups is 2. The fourth-order valence-corrected chi connectivity index (χ4v) is 6.07. The molecule has 0 bridgehead atoms. The van der Waals surface area contributed by atoms with E-state index in [4.69, 9.17) is 9.05 Å². The van der Waals surface area contributed by atoms with Crippen molar-refractivity contribution in [2.24, 2.45) is 0 Å². The number of hydrogen-bond acceptors (Lipinski definition) is 6. The van der Waals surface area contributed by atoms with Gasteiger partial charge in [-0.1, -0.05) is 134 Å². The monoisotopic (exact) mass is 716 g/mol. The van der Waals surface area contributed by atoms with E-state index >= 15 is 0 Å².